The van der Waals surface area contributed by atoms with Crippen molar-refractivity contribution in [3.63, 3.8) is 0 Å². The Labute approximate surface area is 133 Å². The number of amides is 1. The van der Waals surface area contributed by atoms with Crippen molar-refractivity contribution in [2.75, 3.05) is 6.54 Å². The van der Waals surface area contributed by atoms with Gasteiger partial charge in [-0.15, -0.1) is 0 Å². The Morgan fingerprint density at radius 1 is 1.30 bits per heavy atom. The Hall–Kier alpha value is -1.56. The normalized spacial score (nSPS) is 26.1. The van der Waals surface area contributed by atoms with Gasteiger partial charge in [0.25, 0.3) is 0 Å². The van der Waals surface area contributed by atoms with Crippen LogP contribution < -0.4 is 11.1 Å². The molecule has 2 fully saturated rings. The molecule has 2 aliphatic carbocycles. The summed E-state index contributed by atoms with van der Waals surface area (Å²) < 4.78 is 38.3. The molecule has 0 heterocycles. The number of rotatable bonds is 4. The minimum absolute atomic E-state index is 0.0697. The lowest BCUT2D eigenvalue weighted by molar-refractivity contribution is -0.137. The van der Waals surface area contributed by atoms with Gasteiger partial charge < -0.3 is 11.1 Å². The van der Waals surface area contributed by atoms with Gasteiger partial charge in [0, 0.05) is 12.5 Å². The number of benzene rings is 1. The van der Waals surface area contributed by atoms with Crippen LogP contribution in [0, 0.1) is 5.92 Å². The lowest BCUT2D eigenvalue weighted by Gasteiger charge is -2.28. The van der Waals surface area contributed by atoms with Crippen LogP contribution in [0.15, 0.2) is 24.3 Å². The van der Waals surface area contributed by atoms with Crippen molar-refractivity contribution in [3.05, 3.63) is 35.4 Å². The van der Waals surface area contributed by atoms with Crippen LogP contribution in [0.3, 0.4) is 0 Å². The molecular formula is C17H21F3N2O. The number of alkyl halides is 3. The van der Waals surface area contributed by atoms with Crippen LogP contribution in [0.2, 0.25) is 0 Å². The summed E-state index contributed by atoms with van der Waals surface area (Å²) >= 11 is 0. The van der Waals surface area contributed by atoms with Crippen molar-refractivity contribution in [2.45, 2.75) is 49.7 Å². The molecule has 0 saturated heterocycles. The Morgan fingerprint density at radius 2 is 2.00 bits per heavy atom. The summed E-state index contributed by atoms with van der Waals surface area (Å²) in [5, 5.41) is 3.06. The zero-order chi connectivity index (χ0) is 16.7. The molecule has 2 atom stereocenters. The van der Waals surface area contributed by atoms with Gasteiger partial charge >= 0.3 is 6.18 Å². The first kappa shape index (κ1) is 16.3. The third-order valence-corrected chi connectivity index (χ3v) is 5.11. The summed E-state index contributed by atoms with van der Waals surface area (Å²) in [6.45, 7) is 0.416. The summed E-state index contributed by atoms with van der Waals surface area (Å²) in [4.78, 5) is 12.4. The van der Waals surface area contributed by atoms with Crippen LogP contribution in [0.1, 0.15) is 49.1 Å². The van der Waals surface area contributed by atoms with Crippen molar-refractivity contribution in [1.29, 1.82) is 0 Å². The van der Waals surface area contributed by atoms with Crippen LogP contribution in [-0.2, 0) is 11.0 Å². The second kappa shape index (κ2) is 5.82. The van der Waals surface area contributed by atoms with E-state index in [1.54, 1.807) is 6.07 Å². The molecule has 1 aromatic carbocycles. The first-order chi connectivity index (χ1) is 10.8. The lowest BCUT2D eigenvalue weighted by atomic mass is 9.97. The van der Waals surface area contributed by atoms with Crippen molar-refractivity contribution < 1.29 is 18.0 Å². The minimum atomic E-state index is -4.35. The molecule has 6 heteroatoms. The zero-order valence-corrected chi connectivity index (χ0v) is 12.8. The molecule has 0 aliphatic heterocycles. The predicted octanol–water partition coefficient (Wildman–Crippen LogP) is 3.20. The Bertz CT molecular complexity index is 594. The fraction of sp³-hybridized carbons (Fsp3) is 0.588. The van der Waals surface area contributed by atoms with E-state index in [2.05, 4.69) is 5.32 Å². The van der Waals surface area contributed by atoms with Crippen molar-refractivity contribution >= 4 is 5.91 Å². The summed E-state index contributed by atoms with van der Waals surface area (Å²) in [6, 6.07) is 5.29. The Balaban J connectivity index is 1.66. The van der Waals surface area contributed by atoms with Crippen LogP contribution >= 0.6 is 0 Å². The average Bonchev–Trinajstić information content (AvgIpc) is 3.20. The molecule has 0 aromatic heterocycles. The average molecular weight is 326 g/mol. The molecule has 1 aromatic rings. The molecule has 3 N–H and O–H groups in total. The van der Waals surface area contributed by atoms with Crippen molar-refractivity contribution in [3.8, 4) is 0 Å². The lowest BCUT2D eigenvalue weighted by Crippen LogP contribution is -2.52. The fourth-order valence-electron chi connectivity index (χ4n) is 3.58. The molecule has 0 radical (unpaired) electrons. The second-order valence-electron chi connectivity index (χ2n) is 6.75. The van der Waals surface area contributed by atoms with E-state index in [4.69, 9.17) is 5.73 Å². The molecule has 2 saturated carbocycles. The fourth-order valence-corrected chi connectivity index (χ4v) is 3.58. The van der Waals surface area contributed by atoms with E-state index in [1.165, 1.54) is 6.07 Å². The maximum absolute atomic E-state index is 12.8. The largest absolute Gasteiger partial charge is 0.416 e. The molecule has 2 aliphatic rings. The van der Waals surface area contributed by atoms with E-state index in [1.807, 2.05) is 0 Å². The van der Waals surface area contributed by atoms with E-state index in [0.717, 1.165) is 37.8 Å². The molecule has 3 nitrogen and oxygen atoms in total. The van der Waals surface area contributed by atoms with Crippen molar-refractivity contribution in [2.24, 2.45) is 11.7 Å². The second-order valence-corrected chi connectivity index (χ2v) is 6.75. The monoisotopic (exact) mass is 326 g/mol. The number of hydrogen-bond donors (Lipinski definition) is 2. The number of carbonyl (C=O) groups is 1. The van der Waals surface area contributed by atoms with Gasteiger partial charge in [-0.1, -0.05) is 31.0 Å². The smallest absolute Gasteiger partial charge is 0.349 e. The molecule has 23 heavy (non-hydrogen) atoms. The molecule has 3 rings (SSSR count). The maximum Gasteiger partial charge on any atom is 0.416 e. The number of nitrogens with two attached hydrogens (primary N) is 1. The number of halogens is 3. The number of nitrogens with one attached hydrogen (secondary N) is 1. The van der Waals surface area contributed by atoms with Gasteiger partial charge in [-0.25, -0.2) is 0 Å². The first-order valence-electron chi connectivity index (χ1n) is 8.04. The van der Waals surface area contributed by atoms with E-state index >= 15 is 0 Å². The number of hydrogen-bond acceptors (Lipinski definition) is 2. The highest BCUT2D eigenvalue weighted by molar-refractivity contribution is 5.83. The molecule has 0 bridgehead atoms. The third kappa shape index (κ3) is 3.37. The van der Waals surface area contributed by atoms with Crippen molar-refractivity contribution in [1.82, 2.24) is 5.32 Å². The van der Waals surface area contributed by atoms with Gasteiger partial charge in [-0.05, 0) is 36.8 Å². The highest BCUT2D eigenvalue weighted by atomic mass is 19.4. The topological polar surface area (TPSA) is 55.1 Å². The SMILES string of the molecule is NCC1(NC(=O)C2CC2c2cccc(C(F)(F)F)c2)CCCC1. The number of carbonyl (C=O) groups excluding carboxylic acids is 1. The standard InChI is InChI=1S/C17H21F3N2O/c18-17(19,20)12-5-3-4-11(8-12)13-9-14(13)15(23)22-16(10-21)6-1-2-7-16/h3-5,8,13-14H,1-2,6-7,9-10,21H2,(H,22,23). The van der Waals surface area contributed by atoms with E-state index in [0.29, 0.717) is 18.5 Å². The van der Waals surface area contributed by atoms with Gasteiger partial charge in [0.1, 0.15) is 0 Å². The van der Waals surface area contributed by atoms with E-state index in [9.17, 15) is 18.0 Å². The van der Waals surface area contributed by atoms with Gasteiger partial charge in [0.2, 0.25) is 5.91 Å². The third-order valence-electron chi connectivity index (χ3n) is 5.11. The van der Waals surface area contributed by atoms with E-state index < -0.39 is 11.7 Å². The molecule has 0 spiro atoms. The van der Waals surface area contributed by atoms with Crippen LogP contribution in [-0.4, -0.2) is 18.0 Å². The Kier molecular flexibility index (Phi) is 4.12. The van der Waals surface area contributed by atoms with Crippen LogP contribution in [0.5, 0.6) is 0 Å². The van der Waals surface area contributed by atoms with Crippen LogP contribution in [0.25, 0.3) is 0 Å². The summed E-state index contributed by atoms with van der Waals surface area (Å²) in [6.07, 6.45) is 0.134. The minimum Gasteiger partial charge on any atom is -0.349 e. The highest BCUT2D eigenvalue weighted by Gasteiger charge is 2.47. The summed E-state index contributed by atoms with van der Waals surface area (Å²) in [7, 11) is 0. The molecule has 2 unspecified atom stereocenters. The van der Waals surface area contributed by atoms with Crippen LogP contribution in [0.4, 0.5) is 13.2 Å². The molecule has 1 amide bonds. The first-order valence-corrected chi connectivity index (χ1v) is 8.04. The summed E-state index contributed by atoms with van der Waals surface area (Å²) in [5.41, 5.74) is 5.44. The van der Waals surface area contributed by atoms with Gasteiger partial charge in [0.15, 0.2) is 0 Å². The van der Waals surface area contributed by atoms with Gasteiger partial charge in [-0.2, -0.15) is 13.2 Å². The summed E-state index contributed by atoms with van der Waals surface area (Å²) in [5.74, 6) is -0.421. The molecular weight excluding hydrogens is 305 g/mol. The highest BCUT2D eigenvalue weighted by Crippen LogP contribution is 2.49. The zero-order valence-electron chi connectivity index (χ0n) is 12.8. The molecule has 126 valence electrons. The van der Waals surface area contributed by atoms with E-state index in [-0.39, 0.29) is 23.3 Å². The maximum atomic E-state index is 12.8. The van der Waals surface area contributed by atoms with Gasteiger partial charge in [0.05, 0.1) is 11.1 Å². The predicted molar refractivity (Wildman–Crippen MR) is 80.7 cm³/mol. The Morgan fingerprint density at radius 3 is 2.61 bits per heavy atom. The quantitative estimate of drug-likeness (QED) is 0.893. The van der Waals surface area contributed by atoms with Gasteiger partial charge in [-0.3, -0.25) is 4.79 Å².